The van der Waals surface area contributed by atoms with E-state index in [0.717, 1.165) is 10.9 Å². The third-order valence-corrected chi connectivity index (χ3v) is 4.27. The van der Waals surface area contributed by atoms with Crippen molar-refractivity contribution in [3.05, 3.63) is 70.3 Å². The molecule has 2 rings (SSSR count). The average molecular weight is 346 g/mol. The van der Waals surface area contributed by atoms with Crippen LogP contribution >= 0.6 is 15.9 Å². The number of carbonyl (C=O) groups excluding carboxylic acids is 1. The standard InChI is InChI=1S/C18H20BrNO/c1-12-4-5-13(2)17(10-12)14(3)20-18(21)16-8-6-15(11-19)7-9-16/h4-10,14H,11H2,1-3H3,(H,20,21). The molecule has 0 radical (unpaired) electrons. The van der Waals surface area contributed by atoms with Gasteiger partial charge in [-0.25, -0.2) is 0 Å². The van der Waals surface area contributed by atoms with Gasteiger partial charge in [-0.05, 0) is 49.6 Å². The summed E-state index contributed by atoms with van der Waals surface area (Å²) in [5, 5.41) is 3.87. The van der Waals surface area contributed by atoms with Crippen LogP contribution in [0.5, 0.6) is 0 Å². The summed E-state index contributed by atoms with van der Waals surface area (Å²) in [6, 6.07) is 14.0. The first kappa shape index (κ1) is 15.8. The molecule has 0 aromatic heterocycles. The van der Waals surface area contributed by atoms with E-state index in [2.05, 4.69) is 53.3 Å². The number of alkyl halides is 1. The zero-order chi connectivity index (χ0) is 15.4. The Balaban J connectivity index is 2.12. The van der Waals surface area contributed by atoms with Gasteiger partial charge in [-0.15, -0.1) is 0 Å². The second kappa shape index (κ2) is 6.90. The average Bonchev–Trinajstić information content (AvgIpc) is 2.49. The normalized spacial score (nSPS) is 12.0. The second-order valence-corrected chi connectivity index (χ2v) is 5.95. The second-order valence-electron chi connectivity index (χ2n) is 5.39. The number of aryl methyl sites for hydroxylation is 2. The Bertz CT molecular complexity index is 634. The molecular weight excluding hydrogens is 326 g/mol. The van der Waals surface area contributed by atoms with Gasteiger partial charge in [0.1, 0.15) is 0 Å². The lowest BCUT2D eigenvalue weighted by molar-refractivity contribution is 0.0940. The highest BCUT2D eigenvalue weighted by Crippen LogP contribution is 2.19. The highest BCUT2D eigenvalue weighted by Gasteiger charge is 2.13. The summed E-state index contributed by atoms with van der Waals surface area (Å²) < 4.78 is 0. The van der Waals surface area contributed by atoms with E-state index in [4.69, 9.17) is 0 Å². The Morgan fingerprint density at radius 3 is 2.43 bits per heavy atom. The lowest BCUT2D eigenvalue weighted by Crippen LogP contribution is -2.27. The van der Waals surface area contributed by atoms with E-state index in [9.17, 15) is 4.79 Å². The van der Waals surface area contributed by atoms with Crippen LogP contribution in [-0.4, -0.2) is 5.91 Å². The van der Waals surface area contributed by atoms with Gasteiger partial charge in [0.25, 0.3) is 5.91 Å². The van der Waals surface area contributed by atoms with Gasteiger partial charge in [-0.1, -0.05) is 51.8 Å². The quantitative estimate of drug-likeness (QED) is 0.800. The largest absolute Gasteiger partial charge is 0.346 e. The Morgan fingerprint density at radius 2 is 1.81 bits per heavy atom. The molecule has 2 aromatic rings. The number of benzene rings is 2. The van der Waals surface area contributed by atoms with Gasteiger partial charge < -0.3 is 5.32 Å². The van der Waals surface area contributed by atoms with E-state index in [1.54, 1.807) is 0 Å². The van der Waals surface area contributed by atoms with Gasteiger partial charge in [0.05, 0.1) is 6.04 Å². The first-order valence-corrected chi connectivity index (χ1v) is 8.16. The summed E-state index contributed by atoms with van der Waals surface area (Å²) in [7, 11) is 0. The minimum Gasteiger partial charge on any atom is -0.346 e. The molecule has 0 aliphatic rings. The minimum atomic E-state index is -0.0375. The monoisotopic (exact) mass is 345 g/mol. The summed E-state index contributed by atoms with van der Waals surface area (Å²) in [5.74, 6) is -0.0375. The van der Waals surface area contributed by atoms with Gasteiger partial charge in [0.2, 0.25) is 0 Å². The Hall–Kier alpha value is -1.61. The number of carbonyl (C=O) groups is 1. The fraction of sp³-hybridized carbons (Fsp3) is 0.278. The third kappa shape index (κ3) is 3.94. The molecule has 0 aliphatic carbocycles. The van der Waals surface area contributed by atoms with Crippen LogP contribution in [0.2, 0.25) is 0 Å². The van der Waals surface area contributed by atoms with Crippen molar-refractivity contribution >= 4 is 21.8 Å². The fourth-order valence-electron chi connectivity index (χ4n) is 2.33. The fourth-order valence-corrected chi connectivity index (χ4v) is 2.70. The number of hydrogen-bond acceptors (Lipinski definition) is 1. The maximum atomic E-state index is 12.3. The highest BCUT2D eigenvalue weighted by molar-refractivity contribution is 9.08. The maximum absolute atomic E-state index is 12.3. The van der Waals surface area contributed by atoms with Crippen molar-refractivity contribution in [3.63, 3.8) is 0 Å². The van der Waals surface area contributed by atoms with Crippen molar-refractivity contribution in [2.75, 3.05) is 0 Å². The first-order chi connectivity index (χ1) is 10.0. The molecular formula is C18H20BrNO. The lowest BCUT2D eigenvalue weighted by atomic mass is 9.99. The van der Waals surface area contributed by atoms with Gasteiger partial charge >= 0.3 is 0 Å². The first-order valence-electron chi connectivity index (χ1n) is 7.04. The van der Waals surface area contributed by atoms with Crippen molar-refractivity contribution in [2.24, 2.45) is 0 Å². The lowest BCUT2D eigenvalue weighted by Gasteiger charge is -2.17. The van der Waals surface area contributed by atoms with Crippen LogP contribution in [0.15, 0.2) is 42.5 Å². The molecule has 1 unspecified atom stereocenters. The van der Waals surface area contributed by atoms with Gasteiger partial charge in [0.15, 0.2) is 0 Å². The molecule has 3 heteroatoms. The van der Waals surface area contributed by atoms with Crippen LogP contribution in [0.1, 0.15) is 45.6 Å². The van der Waals surface area contributed by atoms with E-state index in [1.165, 1.54) is 16.7 Å². The molecule has 21 heavy (non-hydrogen) atoms. The number of halogens is 1. The van der Waals surface area contributed by atoms with E-state index in [-0.39, 0.29) is 11.9 Å². The molecule has 2 aromatic carbocycles. The molecule has 1 amide bonds. The van der Waals surface area contributed by atoms with Crippen molar-refractivity contribution in [3.8, 4) is 0 Å². The van der Waals surface area contributed by atoms with Gasteiger partial charge in [-0.2, -0.15) is 0 Å². The molecule has 1 N–H and O–H groups in total. The predicted octanol–water partition coefficient (Wildman–Crippen LogP) is 4.69. The van der Waals surface area contributed by atoms with Crippen molar-refractivity contribution in [1.29, 1.82) is 0 Å². The molecule has 0 heterocycles. The molecule has 1 atom stereocenters. The van der Waals surface area contributed by atoms with E-state index in [0.29, 0.717) is 5.56 Å². The zero-order valence-electron chi connectivity index (χ0n) is 12.6. The van der Waals surface area contributed by atoms with E-state index >= 15 is 0 Å². The SMILES string of the molecule is Cc1ccc(C)c(C(C)NC(=O)c2ccc(CBr)cc2)c1. The molecule has 0 saturated carbocycles. The van der Waals surface area contributed by atoms with Crippen LogP contribution < -0.4 is 5.32 Å². The molecule has 0 aliphatic heterocycles. The summed E-state index contributed by atoms with van der Waals surface area (Å²) in [6.07, 6.45) is 0. The van der Waals surface area contributed by atoms with Crippen LogP contribution in [0.3, 0.4) is 0 Å². The highest BCUT2D eigenvalue weighted by atomic mass is 79.9. The van der Waals surface area contributed by atoms with Crippen LogP contribution in [0.4, 0.5) is 0 Å². The number of amides is 1. The van der Waals surface area contributed by atoms with Gasteiger partial charge in [-0.3, -0.25) is 4.79 Å². The summed E-state index contributed by atoms with van der Waals surface area (Å²) >= 11 is 3.40. The maximum Gasteiger partial charge on any atom is 0.251 e. The minimum absolute atomic E-state index is 0.00625. The summed E-state index contributed by atoms with van der Waals surface area (Å²) in [5.41, 5.74) is 5.42. The Kier molecular flexibility index (Phi) is 5.18. The Morgan fingerprint density at radius 1 is 1.14 bits per heavy atom. The number of rotatable bonds is 4. The molecule has 0 bridgehead atoms. The topological polar surface area (TPSA) is 29.1 Å². The third-order valence-electron chi connectivity index (χ3n) is 3.62. The molecule has 0 saturated heterocycles. The zero-order valence-corrected chi connectivity index (χ0v) is 14.2. The predicted molar refractivity (Wildman–Crippen MR) is 90.9 cm³/mol. The van der Waals surface area contributed by atoms with E-state index in [1.807, 2.05) is 31.2 Å². The number of nitrogens with one attached hydrogen (secondary N) is 1. The number of hydrogen-bond donors (Lipinski definition) is 1. The smallest absolute Gasteiger partial charge is 0.251 e. The Labute approximate surface area is 134 Å². The molecule has 2 nitrogen and oxygen atoms in total. The van der Waals surface area contributed by atoms with Crippen molar-refractivity contribution in [1.82, 2.24) is 5.32 Å². The molecule has 0 spiro atoms. The molecule has 0 fully saturated rings. The van der Waals surface area contributed by atoms with Gasteiger partial charge in [0, 0.05) is 10.9 Å². The van der Waals surface area contributed by atoms with E-state index < -0.39 is 0 Å². The van der Waals surface area contributed by atoms with Crippen LogP contribution in [-0.2, 0) is 5.33 Å². The summed E-state index contributed by atoms with van der Waals surface area (Å²) in [6.45, 7) is 6.16. The van der Waals surface area contributed by atoms with Crippen LogP contribution in [0, 0.1) is 13.8 Å². The molecule has 110 valence electrons. The summed E-state index contributed by atoms with van der Waals surface area (Å²) in [4.78, 5) is 12.3. The van der Waals surface area contributed by atoms with Crippen molar-refractivity contribution < 1.29 is 4.79 Å². The van der Waals surface area contributed by atoms with Crippen LogP contribution in [0.25, 0.3) is 0 Å². The van der Waals surface area contributed by atoms with Crippen molar-refractivity contribution in [2.45, 2.75) is 32.1 Å².